The fourth-order valence-electron chi connectivity index (χ4n) is 10.9. The number of pyridine rings is 2. The standard InChI is InChI=1S/C60H41N5O/c1-60(2,3)36-31-32-61-55(33-36)63-50-23-10-7-17-42(50)44-30-28-38(35-54(44)63)66-37-27-29-40-41-16-6-12-25-52(41)65-58-48-20-9-13-26-53(48)64-51-24-11-8-18-43(51)47-22-14-21-46(57(47)64)39-15-4-5-19-45(39)56(58)62-59(65)49(40)34-37/h4-35H,1-3H3. The van der Waals surface area contributed by atoms with Crippen LogP contribution in [0.25, 0.3) is 115 Å². The number of benzene rings is 8. The maximum Gasteiger partial charge on any atom is 0.146 e. The summed E-state index contributed by atoms with van der Waals surface area (Å²) in [5.41, 5.74) is 10.8. The van der Waals surface area contributed by atoms with Crippen molar-refractivity contribution in [1.82, 2.24) is 23.3 Å². The van der Waals surface area contributed by atoms with Crippen LogP contribution in [0, 0.1) is 0 Å². The van der Waals surface area contributed by atoms with Gasteiger partial charge in [0.1, 0.15) is 23.0 Å². The first kappa shape index (κ1) is 36.9. The van der Waals surface area contributed by atoms with Gasteiger partial charge in [-0.05, 0) is 88.5 Å². The smallest absolute Gasteiger partial charge is 0.146 e. The van der Waals surface area contributed by atoms with Gasteiger partial charge in [-0.1, -0.05) is 136 Å². The molecule has 0 unspecified atom stereocenters. The van der Waals surface area contributed by atoms with E-state index in [0.29, 0.717) is 0 Å². The maximum absolute atomic E-state index is 6.92. The summed E-state index contributed by atoms with van der Waals surface area (Å²) < 4.78 is 14.1. The van der Waals surface area contributed by atoms with Crippen molar-refractivity contribution in [2.45, 2.75) is 26.2 Å². The molecule has 6 heteroatoms. The van der Waals surface area contributed by atoms with Crippen molar-refractivity contribution in [3.63, 3.8) is 0 Å². The molecule has 0 saturated heterocycles. The van der Waals surface area contributed by atoms with Crippen molar-refractivity contribution >= 4 is 109 Å². The Morgan fingerprint density at radius 1 is 0.394 bits per heavy atom. The molecule has 0 aliphatic heterocycles. The Morgan fingerprint density at radius 3 is 1.64 bits per heavy atom. The lowest BCUT2D eigenvalue weighted by molar-refractivity contribution is 0.484. The third-order valence-corrected chi connectivity index (χ3v) is 13.8. The number of hydrogen-bond acceptors (Lipinski definition) is 3. The van der Waals surface area contributed by atoms with Crippen LogP contribution in [0.15, 0.2) is 194 Å². The van der Waals surface area contributed by atoms with Gasteiger partial charge in [0.05, 0.1) is 44.1 Å². The van der Waals surface area contributed by atoms with E-state index in [-0.39, 0.29) is 5.41 Å². The lowest BCUT2D eigenvalue weighted by Crippen LogP contribution is -2.12. The molecular formula is C60H41N5O. The SMILES string of the molecule is CC(C)(C)c1ccnc(-n2c3ccccc3c3ccc(Oc4ccc5c6ccccc6n6c(nc7c8ccccc8c8cccc9c%10ccccc%10n(c%10ccccc%10c76)c89)c5c4)cc32)c1. The van der Waals surface area contributed by atoms with Gasteiger partial charge in [-0.25, -0.2) is 9.97 Å². The molecule has 312 valence electrons. The molecule has 6 aromatic heterocycles. The molecule has 6 nitrogen and oxygen atoms in total. The minimum atomic E-state index is -0.0220. The molecule has 8 aromatic carbocycles. The van der Waals surface area contributed by atoms with Gasteiger partial charge in [-0.3, -0.25) is 8.97 Å². The van der Waals surface area contributed by atoms with E-state index in [1.165, 1.54) is 38.1 Å². The molecule has 0 atom stereocenters. The highest BCUT2D eigenvalue weighted by atomic mass is 16.5. The van der Waals surface area contributed by atoms with Gasteiger partial charge in [0.15, 0.2) is 0 Å². The van der Waals surface area contributed by atoms with Crippen LogP contribution in [-0.4, -0.2) is 23.3 Å². The van der Waals surface area contributed by atoms with Crippen molar-refractivity contribution in [1.29, 1.82) is 0 Å². The number of para-hydroxylation sites is 5. The highest BCUT2D eigenvalue weighted by Gasteiger charge is 2.22. The summed E-state index contributed by atoms with van der Waals surface area (Å²) in [7, 11) is 0. The predicted octanol–water partition coefficient (Wildman–Crippen LogP) is 15.8. The highest BCUT2D eigenvalue weighted by Crippen LogP contribution is 2.42. The molecule has 0 aliphatic rings. The second-order valence-electron chi connectivity index (χ2n) is 18.6. The van der Waals surface area contributed by atoms with E-state index in [4.69, 9.17) is 14.7 Å². The fraction of sp³-hybridized carbons (Fsp3) is 0.0667. The second-order valence-corrected chi connectivity index (χ2v) is 18.6. The Bertz CT molecular complexity index is 4430. The number of hydrogen-bond donors (Lipinski definition) is 0. The normalized spacial score (nSPS) is 12.5. The number of nitrogens with zero attached hydrogens (tertiary/aromatic N) is 5. The zero-order chi connectivity index (χ0) is 43.8. The third-order valence-electron chi connectivity index (χ3n) is 13.8. The summed E-state index contributed by atoms with van der Waals surface area (Å²) in [6, 6.07) is 67.6. The zero-order valence-electron chi connectivity index (χ0n) is 36.6. The molecule has 0 bridgehead atoms. The molecule has 14 rings (SSSR count). The van der Waals surface area contributed by atoms with E-state index < -0.39 is 0 Å². The summed E-state index contributed by atoms with van der Waals surface area (Å²) in [5.74, 6) is 2.36. The molecule has 0 saturated carbocycles. The van der Waals surface area contributed by atoms with Gasteiger partial charge >= 0.3 is 0 Å². The van der Waals surface area contributed by atoms with Crippen LogP contribution in [-0.2, 0) is 5.41 Å². The van der Waals surface area contributed by atoms with E-state index in [1.807, 2.05) is 6.20 Å². The molecular weight excluding hydrogens is 807 g/mol. The number of rotatable bonds is 3. The predicted molar refractivity (Wildman–Crippen MR) is 275 cm³/mol. The number of fused-ring (bicyclic) bond motifs is 20. The molecule has 0 radical (unpaired) electrons. The van der Waals surface area contributed by atoms with Gasteiger partial charge < -0.3 is 9.14 Å². The topological polar surface area (TPSA) is 48.8 Å². The van der Waals surface area contributed by atoms with Gasteiger partial charge in [0, 0.05) is 60.7 Å². The summed E-state index contributed by atoms with van der Waals surface area (Å²) in [6.07, 6.45) is 1.92. The van der Waals surface area contributed by atoms with E-state index >= 15 is 0 Å². The van der Waals surface area contributed by atoms with Crippen LogP contribution in [0.4, 0.5) is 0 Å². The lowest BCUT2D eigenvalue weighted by atomic mass is 9.88. The van der Waals surface area contributed by atoms with Crippen molar-refractivity contribution < 1.29 is 4.74 Å². The minimum absolute atomic E-state index is 0.0220. The Kier molecular flexibility index (Phi) is 7.57. The third kappa shape index (κ3) is 5.18. The van der Waals surface area contributed by atoms with Gasteiger partial charge in [-0.2, -0.15) is 0 Å². The zero-order valence-corrected chi connectivity index (χ0v) is 36.6. The van der Waals surface area contributed by atoms with Gasteiger partial charge in [0.2, 0.25) is 0 Å². The van der Waals surface area contributed by atoms with Crippen LogP contribution < -0.4 is 4.74 Å². The first-order chi connectivity index (χ1) is 32.4. The molecule has 14 aromatic rings. The van der Waals surface area contributed by atoms with Crippen molar-refractivity contribution in [2.24, 2.45) is 0 Å². The second kappa shape index (κ2) is 13.5. The summed E-state index contributed by atoms with van der Waals surface area (Å²) in [5, 5.41) is 12.6. The van der Waals surface area contributed by atoms with Crippen LogP contribution in [0.1, 0.15) is 26.3 Å². The summed E-state index contributed by atoms with van der Waals surface area (Å²) in [4.78, 5) is 10.7. The monoisotopic (exact) mass is 847 g/mol. The van der Waals surface area contributed by atoms with Crippen LogP contribution in [0.5, 0.6) is 11.5 Å². The van der Waals surface area contributed by atoms with Gasteiger partial charge in [0.25, 0.3) is 0 Å². The van der Waals surface area contributed by atoms with Crippen LogP contribution in [0.2, 0.25) is 0 Å². The molecule has 66 heavy (non-hydrogen) atoms. The average molecular weight is 848 g/mol. The van der Waals surface area contributed by atoms with E-state index in [9.17, 15) is 0 Å². The van der Waals surface area contributed by atoms with Crippen molar-refractivity contribution in [3.8, 4) is 17.3 Å². The van der Waals surface area contributed by atoms with Crippen LogP contribution >= 0.6 is 0 Å². The highest BCUT2D eigenvalue weighted by molar-refractivity contribution is 6.26. The van der Waals surface area contributed by atoms with E-state index in [1.54, 1.807) is 0 Å². The lowest BCUT2D eigenvalue weighted by Gasteiger charge is -2.20. The summed E-state index contributed by atoms with van der Waals surface area (Å²) >= 11 is 0. The first-order valence-electron chi connectivity index (χ1n) is 22.7. The number of ether oxygens (including phenoxy) is 1. The van der Waals surface area contributed by atoms with Crippen molar-refractivity contribution in [2.75, 3.05) is 0 Å². The van der Waals surface area contributed by atoms with Crippen molar-refractivity contribution in [3.05, 3.63) is 200 Å². The Balaban J connectivity index is 1.06. The molecule has 0 fully saturated rings. The van der Waals surface area contributed by atoms with Gasteiger partial charge in [-0.15, -0.1) is 0 Å². The Morgan fingerprint density at radius 2 is 0.909 bits per heavy atom. The summed E-state index contributed by atoms with van der Waals surface area (Å²) in [6.45, 7) is 6.72. The van der Waals surface area contributed by atoms with E-state index in [0.717, 1.165) is 93.8 Å². The number of aromatic nitrogens is 5. The average Bonchev–Trinajstić information content (AvgIpc) is 4.03. The first-order valence-corrected chi connectivity index (χ1v) is 22.7. The number of imidazole rings is 1. The molecule has 6 heterocycles. The fourth-order valence-corrected chi connectivity index (χ4v) is 10.9. The molecule has 0 spiro atoms. The maximum atomic E-state index is 6.92. The largest absolute Gasteiger partial charge is 0.457 e. The quantitative estimate of drug-likeness (QED) is 0.166. The molecule has 0 N–H and O–H groups in total. The minimum Gasteiger partial charge on any atom is -0.457 e. The molecule has 0 aliphatic carbocycles. The van der Waals surface area contributed by atoms with E-state index in [2.05, 4.69) is 222 Å². The Labute approximate surface area is 378 Å². The Hall–Kier alpha value is -8.48. The van der Waals surface area contributed by atoms with Crippen LogP contribution in [0.3, 0.4) is 0 Å². The molecule has 0 amide bonds.